The molecule has 1 atom stereocenters. The molecule has 134 valence electrons. The first kappa shape index (κ1) is 16.8. The van der Waals surface area contributed by atoms with Gasteiger partial charge in [0.1, 0.15) is 5.82 Å². The van der Waals surface area contributed by atoms with Gasteiger partial charge in [0, 0.05) is 37.2 Å². The van der Waals surface area contributed by atoms with E-state index < -0.39 is 0 Å². The molecule has 1 aromatic carbocycles. The lowest BCUT2D eigenvalue weighted by Crippen LogP contribution is -2.45. The number of rotatable bonds is 3. The van der Waals surface area contributed by atoms with Gasteiger partial charge in [-0.2, -0.15) is 0 Å². The molecule has 0 saturated carbocycles. The first-order valence-electron chi connectivity index (χ1n) is 9.59. The molecule has 0 N–H and O–H groups in total. The first-order valence-corrected chi connectivity index (χ1v) is 9.59. The minimum absolute atomic E-state index is 0.176. The van der Waals surface area contributed by atoms with Crippen LogP contribution >= 0.6 is 0 Å². The van der Waals surface area contributed by atoms with E-state index in [0.717, 1.165) is 64.0 Å². The van der Waals surface area contributed by atoms with Crippen LogP contribution < -0.4 is 0 Å². The largest absolute Gasteiger partial charge is 0.338 e. The van der Waals surface area contributed by atoms with Crippen LogP contribution in [0.25, 0.3) is 0 Å². The molecule has 2 heterocycles. The minimum Gasteiger partial charge on any atom is -0.338 e. The number of piperidine rings is 1. The molecule has 0 unspecified atom stereocenters. The lowest BCUT2D eigenvalue weighted by molar-refractivity contribution is -0.126. The van der Waals surface area contributed by atoms with E-state index in [1.165, 1.54) is 18.4 Å². The third-order valence-electron chi connectivity index (χ3n) is 6.10. The highest BCUT2D eigenvalue weighted by atomic mass is 19.1. The van der Waals surface area contributed by atoms with Crippen molar-refractivity contribution in [3.8, 4) is 0 Å². The maximum atomic E-state index is 13.1. The summed E-state index contributed by atoms with van der Waals surface area (Å²) in [4.78, 5) is 17.3. The summed E-state index contributed by atoms with van der Waals surface area (Å²) in [6, 6.07) is 6.85. The van der Waals surface area contributed by atoms with Crippen LogP contribution in [0.2, 0.25) is 0 Å². The van der Waals surface area contributed by atoms with E-state index in [2.05, 4.69) is 15.9 Å². The molecule has 3 aliphatic rings. The van der Waals surface area contributed by atoms with Gasteiger partial charge in [-0.15, -0.1) is 0 Å². The summed E-state index contributed by atoms with van der Waals surface area (Å²) in [5.74, 6) is 0.107. The number of carbonyl (C=O) groups excluding carboxylic acids is 1. The lowest BCUT2D eigenvalue weighted by atomic mass is 9.79. The van der Waals surface area contributed by atoms with Gasteiger partial charge in [-0.1, -0.05) is 18.2 Å². The van der Waals surface area contributed by atoms with Crippen molar-refractivity contribution in [2.24, 2.45) is 5.41 Å². The van der Waals surface area contributed by atoms with Crippen molar-refractivity contribution in [1.82, 2.24) is 9.80 Å². The van der Waals surface area contributed by atoms with Crippen LogP contribution in [-0.2, 0) is 11.3 Å². The molecule has 25 heavy (non-hydrogen) atoms. The van der Waals surface area contributed by atoms with Gasteiger partial charge in [-0.25, -0.2) is 4.39 Å². The van der Waals surface area contributed by atoms with Gasteiger partial charge in [-0.05, 0) is 62.8 Å². The Hall–Kier alpha value is -1.68. The number of hydrogen-bond donors (Lipinski definition) is 0. The molecule has 2 saturated heterocycles. The zero-order valence-electron chi connectivity index (χ0n) is 14.8. The molecule has 4 heteroatoms. The summed E-state index contributed by atoms with van der Waals surface area (Å²) >= 11 is 0. The maximum Gasteiger partial charge on any atom is 0.249 e. The van der Waals surface area contributed by atoms with E-state index in [1.807, 2.05) is 12.1 Å². The van der Waals surface area contributed by atoms with Crippen molar-refractivity contribution in [2.75, 3.05) is 26.2 Å². The predicted molar refractivity (Wildman–Crippen MR) is 96.5 cm³/mol. The Balaban J connectivity index is 1.39. The molecule has 1 aromatic rings. The molecule has 2 fully saturated rings. The first-order chi connectivity index (χ1) is 12.1. The Morgan fingerprint density at radius 1 is 1.08 bits per heavy atom. The van der Waals surface area contributed by atoms with Crippen LogP contribution in [0.4, 0.5) is 4.39 Å². The topological polar surface area (TPSA) is 23.6 Å². The van der Waals surface area contributed by atoms with Crippen LogP contribution in [0.15, 0.2) is 35.9 Å². The third-order valence-corrected chi connectivity index (χ3v) is 6.10. The van der Waals surface area contributed by atoms with Crippen LogP contribution in [0, 0.1) is 11.2 Å². The molecule has 0 bridgehead atoms. The summed E-state index contributed by atoms with van der Waals surface area (Å²) in [5, 5.41) is 0. The average molecular weight is 342 g/mol. The minimum atomic E-state index is -0.176. The second-order valence-electron chi connectivity index (χ2n) is 8.04. The number of halogens is 1. The molecule has 2 aliphatic heterocycles. The molecule has 1 spiro atoms. The fourth-order valence-electron chi connectivity index (χ4n) is 4.80. The van der Waals surface area contributed by atoms with Crippen molar-refractivity contribution in [3.05, 3.63) is 47.3 Å². The molecular weight excluding hydrogens is 315 g/mol. The molecule has 0 radical (unpaired) electrons. The van der Waals surface area contributed by atoms with Crippen molar-refractivity contribution >= 4 is 5.91 Å². The van der Waals surface area contributed by atoms with Crippen LogP contribution in [0.5, 0.6) is 0 Å². The quantitative estimate of drug-likeness (QED) is 0.835. The number of likely N-dealkylation sites (tertiary alicyclic amines) is 2. The Morgan fingerprint density at radius 3 is 2.68 bits per heavy atom. The highest BCUT2D eigenvalue weighted by molar-refractivity contribution is 5.94. The maximum absolute atomic E-state index is 13.1. The van der Waals surface area contributed by atoms with E-state index in [1.54, 1.807) is 12.1 Å². The fourth-order valence-corrected chi connectivity index (χ4v) is 4.80. The monoisotopic (exact) mass is 342 g/mol. The number of allylic oxidation sites excluding steroid dienone is 1. The van der Waals surface area contributed by atoms with Gasteiger partial charge in [0.05, 0.1) is 0 Å². The summed E-state index contributed by atoms with van der Waals surface area (Å²) in [5.41, 5.74) is 2.46. The fraction of sp³-hybridized carbons (Fsp3) is 0.571. The Morgan fingerprint density at radius 2 is 1.92 bits per heavy atom. The summed E-state index contributed by atoms with van der Waals surface area (Å²) < 4.78 is 13.1. The van der Waals surface area contributed by atoms with Crippen LogP contribution in [0.1, 0.15) is 44.1 Å². The van der Waals surface area contributed by atoms with Gasteiger partial charge in [0.15, 0.2) is 0 Å². The lowest BCUT2D eigenvalue weighted by Gasteiger charge is -2.40. The number of carbonyl (C=O) groups is 1. The molecule has 1 aliphatic carbocycles. The Bertz CT molecular complexity index is 669. The molecule has 4 rings (SSSR count). The molecular formula is C21H27FN2O. The van der Waals surface area contributed by atoms with E-state index in [4.69, 9.17) is 0 Å². The second-order valence-corrected chi connectivity index (χ2v) is 8.04. The Kier molecular flexibility index (Phi) is 4.63. The smallest absolute Gasteiger partial charge is 0.249 e. The third kappa shape index (κ3) is 3.64. The molecule has 3 nitrogen and oxygen atoms in total. The van der Waals surface area contributed by atoms with Crippen molar-refractivity contribution in [1.29, 1.82) is 0 Å². The zero-order chi connectivity index (χ0) is 17.3. The zero-order valence-corrected chi connectivity index (χ0v) is 14.8. The van der Waals surface area contributed by atoms with Gasteiger partial charge in [0.25, 0.3) is 0 Å². The van der Waals surface area contributed by atoms with Gasteiger partial charge in [0.2, 0.25) is 5.91 Å². The van der Waals surface area contributed by atoms with E-state index >= 15 is 0 Å². The van der Waals surface area contributed by atoms with Gasteiger partial charge >= 0.3 is 0 Å². The van der Waals surface area contributed by atoms with Crippen LogP contribution in [0.3, 0.4) is 0 Å². The normalized spacial score (nSPS) is 27.1. The van der Waals surface area contributed by atoms with Gasteiger partial charge < -0.3 is 4.90 Å². The van der Waals surface area contributed by atoms with Crippen molar-refractivity contribution in [3.63, 3.8) is 0 Å². The summed E-state index contributed by atoms with van der Waals surface area (Å²) in [6.07, 6.45) is 8.80. The molecule has 1 amide bonds. The van der Waals surface area contributed by atoms with E-state index in [9.17, 15) is 9.18 Å². The summed E-state index contributed by atoms with van der Waals surface area (Å²) in [7, 11) is 0. The van der Waals surface area contributed by atoms with Crippen molar-refractivity contribution in [2.45, 2.75) is 45.1 Å². The average Bonchev–Trinajstić information content (AvgIpc) is 3.27. The highest BCUT2D eigenvalue weighted by Crippen LogP contribution is 2.40. The van der Waals surface area contributed by atoms with Crippen molar-refractivity contribution < 1.29 is 9.18 Å². The van der Waals surface area contributed by atoms with Crippen LogP contribution in [-0.4, -0.2) is 41.9 Å². The second kappa shape index (κ2) is 6.91. The standard InChI is InChI=1S/C21H27FN2O/c22-19-8-6-17(7-9-19)14-23-12-3-10-21(15-23)11-13-24(16-21)20(25)18-4-1-2-5-18/h4,6-9H,1-3,5,10-16H2/t21-/m1/s1. The Labute approximate surface area is 149 Å². The number of amides is 1. The predicted octanol–water partition coefficient (Wildman–Crippen LogP) is 3.75. The SMILES string of the molecule is O=C(C1=CCCC1)N1CC[C@@]2(CCCN(Cc3ccc(F)cc3)C2)C1. The number of benzene rings is 1. The summed E-state index contributed by atoms with van der Waals surface area (Å²) in [6.45, 7) is 4.83. The molecule has 0 aromatic heterocycles. The highest BCUT2D eigenvalue weighted by Gasteiger charge is 2.43. The van der Waals surface area contributed by atoms with E-state index in [-0.39, 0.29) is 17.1 Å². The van der Waals surface area contributed by atoms with E-state index in [0.29, 0.717) is 0 Å². The number of hydrogen-bond acceptors (Lipinski definition) is 2. The number of nitrogens with zero attached hydrogens (tertiary/aromatic N) is 2. The van der Waals surface area contributed by atoms with Gasteiger partial charge in [-0.3, -0.25) is 9.69 Å².